The molecular formula is C12H15F3N2O2S. The monoisotopic (exact) mass is 308 g/mol. The second-order valence-corrected chi connectivity index (χ2v) is 6.82. The van der Waals surface area contributed by atoms with Crippen LogP contribution in [-0.4, -0.2) is 31.9 Å². The Bertz CT molecular complexity index is 614. The largest absolute Gasteiger partial charge is 0.416 e. The van der Waals surface area contributed by atoms with Crippen LogP contribution in [0.15, 0.2) is 23.1 Å². The van der Waals surface area contributed by atoms with E-state index in [2.05, 4.69) is 0 Å². The normalized spacial score (nSPS) is 21.4. The van der Waals surface area contributed by atoms with E-state index in [1.54, 1.807) is 0 Å². The summed E-state index contributed by atoms with van der Waals surface area (Å²) in [5.41, 5.74) is 4.70. The molecule has 4 nitrogen and oxygen atoms in total. The molecule has 1 fully saturated rings. The molecule has 1 aliphatic heterocycles. The molecular weight excluding hydrogens is 293 g/mol. The molecule has 0 bridgehead atoms. The summed E-state index contributed by atoms with van der Waals surface area (Å²) in [5, 5.41) is 0. The van der Waals surface area contributed by atoms with E-state index < -0.39 is 21.8 Å². The molecule has 1 atom stereocenters. The van der Waals surface area contributed by atoms with Crippen molar-refractivity contribution in [3.63, 3.8) is 0 Å². The van der Waals surface area contributed by atoms with E-state index in [4.69, 9.17) is 5.73 Å². The summed E-state index contributed by atoms with van der Waals surface area (Å²) < 4.78 is 64.2. The van der Waals surface area contributed by atoms with E-state index in [0.29, 0.717) is 12.5 Å². The van der Waals surface area contributed by atoms with Crippen molar-refractivity contribution in [1.82, 2.24) is 4.31 Å². The van der Waals surface area contributed by atoms with Gasteiger partial charge in [-0.3, -0.25) is 0 Å². The van der Waals surface area contributed by atoms with Crippen LogP contribution < -0.4 is 5.73 Å². The second kappa shape index (κ2) is 5.01. The lowest BCUT2D eigenvalue weighted by molar-refractivity contribution is -0.138. The molecule has 1 aliphatic rings. The van der Waals surface area contributed by atoms with Gasteiger partial charge in [-0.15, -0.1) is 0 Å². The number of rotatable bonds is 2. The van der Waals surface area contributed by atoms with Gasteiger partial charge in [0.15, 0.2) is 0 Å². The first-order chi connectivity index (χ1) is 9.12. The molecule has 0 spiro atoms. The molecule has 1 heterocycles. The van der Waals surface area contributed by atoms with Gasteiger partial charge in [-0.05, 0) is 31.0 Å². The van der Waals surface area contributed by atoms with Gasteiger partial charge >= 0.3 is 6.18 Å². The molecule has 0 radical (unpaired) electrons. The maximum atomic E-state index is 12.8. The molecule has 1 aromatic rings. The van der Waals surface area contributed by atoms with E-state index >= 15 is 0 Å². The van der Waals surface area contributed by atoms with Crippen molar-refractivity contribution in [1.29, 1.82) is 0 Å². The van der Waals surface area contributed by atoms with Crippen LogP contribution in [0.25, 0.3) is 0 Å². The highest BCUT2D eigenvalue weighted by molar-refractivity contribution is 7.89. The van der Waals surface area contributed by atoms with Crippen LogP contribution in [0, 0.1) is 6.92 Å². The summed E-state index contributed by atoms with van der Waals surface area (Å²) in [4.78, 5) is -0.343. The number of nitrogens with two attached hydrogens (primary N) is 1. The number of benzene rings is 1. The van der Waals surface area contributed by atoms with Crippen molar-refractivity contribution in [2.45, 2.75) is 30.5 Å². The predicted molar refractivity (Wildman–Crippen MR) is 67.5 cm³/mol. The Morgan fingerprint density at radius 1 is 1.35 bits per heavy atom. The highest BCUT2D eigenvalue weighted by atomic mass is 32.2. The molecule has 0 aromatic heterocycles. The van der Waals surface area contributed by atoms with Crippen molar-refractivity contribution in [3.8, 4) is 0 Å². The van der Waals surface area contributed by atoms with Gasteiger partial charge in [0.2, 0.25) is 10.0 Å². The van der Waals surface area contributed by atoms with Crippen LogP contribution in [0.5, 0.6) is 0 Å². The summed E-state index contributed by atoms with van der Waals surface area (Å²) in [6.45, 7) is 1.67. The molecule has 1 saturated heterocycles. The average molecular weight is 308 g/mol. The molecule has 1 aromatic carbocycles. The number of hydrogen-bond acceptors (Lipinski definition) is 3. The smallest absolute Gasteiger partial charge is 0.326 e. The van der Waals surface area contributed by atoms with Gasteiger partial charge in [-0.25, -0.2) is 8.42 Å². The van der Waals surface area contributed by atoms with Crippen LogP contribution in [0.1, 0.15) is 17.5 Å². The third-order valence-corrected chi connectivity index (χ3v) is 5.20. The van der Waals surface area contributed by atoms with Crippen molar-refractivity contribution >= 4 is 10.0 Å². The van der Waals surface area contributed by atoms with Crippen LogP contribution in [0.4, 0.5) is 13.2 Å². The molecule has 2 rings (SSSR count). The fourth-order valence-electron chi connectivity index (χ4n) is 2.19. The van der Waals surface area contributed by atoms with Gasteiger partial charge in [0.1, 0.15) is 0 Å². The van der Waals surface area contributed by atoms with Gasteiger partial charge in [-0.1, -0.05) is 6.07 Å². The van der Waals surface area contributed by atoms with Gasteiger partial charge in [0, 0.05) is 19.1 Å². The molecule has 1 unspecified atom stereocenters. The van der Waals surface area contributed by atoms with Crippen molar-refractivity contribution in [3.05, 3.63) is 29.3 Å². The van der Waals surface area contributed by atoms with E-state index in [-0.39, 0.29) is 29.6 Å². The SMILES string of the molecule is Cc1ccc(S(=O)(=O)N2CCC(N)C2)cc1C(F)(F)F. The van der Waals surface area contributed by atoms with Gasteiger partial charge in [0.05, 0.1) is 10.5 Å². The van der Waals surface area contributed by atoms with E-state index in [1.807, 2.05) is 0 Å². The quantitative estimate of drug-likeness (QED) is 0.905. The predicted octanol–water partition coefficient (Wildman–Crippen LogP) is 1.74. The Morgan fingerprint density at radius 2 is 2.00 bits per heavy atom. The lowest BCUT2D eigenvalue weighted by atomic mass is 10.1. The maximum Gasteiger partial charge on any atom is 0.416 e. The summed E-state index contributed by atoms with van der Waals surface area (Å²) in [7, 11) is -3.92. The van der Waals surface area contributed by atoms with E-state index in [0.717, 1.165) is 4.31 Å². The summed E-state index contributed by atoms with van der Waals surface area (Å²) in [6.07, 6.45) is -4.06. The first-order valence-electron chi connectivity index (χ1n) is 6.06. The summed E-state index contributed by atoms with van der Waals surface area (Å²) in [6, 6.07) is 2.79. The minimum atomic E-state index is -4.57. The van der Waals surface area contributed by atoms with Crippen LogP contribution >= 0.6 is 0 Å². The Labute approximate surface area is 115 Å². The highest BCUT2D eigenvalue weighted by Gasteiger charge is 2.36. The Kier molecular flexibility index (Phi) is 3.83. The first-order valence-corrected chi connectivity index (χ1v) is 7.50. The molecule has 112 valence electrons. The molecule has 8 heteroatoms. The molecule has 0 amide bonds. The van der Waals surface area contributed by atoms with Gasteiger partial charge < -0.3 is 5.73 Å². The number of sulfonamides is 1. The molecule has 0 saturated carbocycles. The van der Waals surface area contributed by atoms with E-state index in [9.17, 15) is 21.6 Å². The fourth-order valence-corrected chi connectivity index (χ4v) is 3.73. The Hall–Kier alpha value is -1.12. The first kappa shape index (κ1) is 15.3. The van der Waals surface area contributed by atoms with E-state index in [1.165, 1.54) is 19.1 Å². The number of halogens is 3. The zero-order valence-corrected chi connectivity index (χ0v) is 11.6. The third-order valence-electron chi connectivity index (χ3n) is 3.34. The lowest BCUT2D eigenvalue weighted by Crippen LogP contribution is -2.32. The summed E-state index contributed by atoms with van der Waals surface area (Å²) >= 11 is 0. The number of hydrogen-bond donors (Lipinski definition) is 1. The number of alkyl halides is 3. The topological polar surface area (TPSA) is 63.4 Å². The zero-order valence-electron chi connectivity index (χ0n) is 10.8. The minimum Gasteiger partial charge on any atom is -0.326 e. The molecule has 20 heavy (non-hydrogen) atoms. The Balaban J connectivity index is 2.43. The summed E-state index contributed by atoms with van der Waals surface area (Å²) in [5.74, 6) is 0. The molecule has 0 aliphatic carbocycles. The minimum absolute atomic E-state index is 0.00502. The van der Waals surface area contributed by atoms with Crippen LogP contribution in [0.3, 0.4) is 0 Å². The van der Waals surface area contributed by atoms with Gasteiger partial charge in [-0.2, -0.15) is 17.5 Å². The van der Waals surface area contributed by atoms with Crippen molar-refractivity contribution in [2.75, 3.05) is 13.1 Å². The van der Waals surface area contributed by atoms with Crippen molar-refractivity contribution in [2.24, 2.45) is 5.73 Å². The average Bonchev–Trinajstić information content (AvgIpc) is 2.75. The number of aryl methyl sites for hydroxylation is 1. The highest BCUT2D eigenvalue weighted by Crippen LogP contribution is 2.34. The zero-order chi connectivity index (χ0) is 15.1. The van der Waals surface area contributed by atoms with Crippen molar-refractivity contribution < 1.29 is 21.6 Å². The molecule has 2 N–H and O–H groups in total. The van der Waals surface area contributed by atoms with Crippen LogP contribution in [0.2, 0.25) is 0 Å². The Morgan fingerprint density at radius 3 is 2.50 bits per heavy atom. The maximum absolute atomic E-state index is 12.8. The fraction of sp³-hybridized carbons (Fsp3) is 0.500. The third kappa shape index (κ3) is 2.82. The second-order valence-electron chi connectivity index (χ2n) is 4.89. The van der Waals surface area contributed by atoms with Crippen LogP contribution in [-0.2, 0) is 16.2 Å². The standard InChI is InChI=1S/C12H15F3N2O2S/c1-8-2-3-10(6-11(8)12(13,14)15)20(18,19)17-5-4-9(16)7-17/h2-3,6,9H,4-5,7,16H2,1H3. The number of nitrogens with zero attached hydrogens (tertiary/aromatic N) is 1. The lowest BCUT2D eigenvalue weighted by Gasteiger charge is -2.18. The van der Waals surface area contributed by atoms with Gasteiger partial charge in [0.25, 0.3) is 0 Å².